The van der Waals surface area contributed by atoms with E-state index < -0.39 is 17.9 Å². The van der Waals surface area contributed by atoms with E-state index in [4.69, 9.17) is 5.11 Å². The van der Waals surface area contributed by atoms with Crippen LogP contribution in [0.2, 0.25) is 0 Å². The number of carboxylic acids is 1. The fourth-order valence-electron chi connectivity index (χ4n) is 2.38. The van der Waals surface area contributed by atoms with Crippen LogP contribution in [0.5, 0.6) is 0 Å². The van der Waals surface area contributed by atoms with E-state index in [0.717, 1.165) is 0 Å². The largest absolute Gasteiger partial charge is 0.481 e. The van der Waals surface area contributed by atoms with E-state index in [-0.39, 0.29) is 17.8 Å². The van der Waals surface area contributed by atoms with Gasteiger partial charge in [0.25, 0.3) is 0 Å². The highest BCUT2D eigenvalue weighted by molar-refractivity contribution is 5.76. The smallest absolute Gasteiger partial charge is 0.317 e. The summed E-state index contributed by atoms with van der Waals surface area (Å²) in [4.78, 5) is 24.4. The van der Waals surface area contributed by atoms with Crippen LogP contribution < -0.4 is 5.32 Å². The number of nitrogens with one attached hydrogen (secondary N) is 1. The molecule has 1 fully saturated rings. The Morgan fingerprint density at radius 1 is 1.33 bits per heavy atom. The Balaban J connectivity index is 1.87. The van der Waals surface area contributed by atoms with Crippen LogP contribution in [-0.2, 0) is 4.79 Å². The number of urea groups is 1. The highest BCUT2D eigenvalue weighted by atomic mass is 19.1. The first-order valence-corrected chi connectivity index (χ1v) is 6.92. The molecule has 0 aromatic heterocycles. The number of carbonyl (C=O) groups excluding carboxylic acids is 1. The molecule has 0 aliphatic carbocycles. The lowest BCUT2D eigenvalue weighted by Gasteiger charge is -2.41. The van der Waals surface area contributed by atoms with Crippen LogP contribution in [0.25, 0.3) is 0 Å². The lowest BCUT2D eigenvalue weighted by atomic mass is 9.87. The van der Waals surface area contributed by atoms with Crippen LogP contribution in [0.1, 0.15) is 25.5 Å². The molecule has 0 spiro atoms. The zero-order valence-electron chi connectivity index (χ0n) is 12.0. The Labute approximate surface area is 122 Å². The molecule has 1 saturated heterocycles. The molecule has 0 bridgehead atoms. The van der Waals surface area contributed by atoms with Crippen LogP contribution in [-0.4, -0.2) is 35.1 Å². The van der Waals surface area contributed by atoms with Gasteiger partial charge in [0.1, 0.15) is 5.82 Å². The van der Waals surface area contributed by atoms with Crippen molar-refractivity contribution < 1.29 is 19.1 Å². The molecule has 2 amide bonds. The van der Waals surface area contributed by atoms with Gasteiger partial charge < -0.3 is 15.3 Å². The van der Waals surface area contributed by atoms with Crippen LogP contribution in [0.15, 0.2) is 24.3 Å². The first kappa shape index (κ1) is 15.3. The van der Waals surface area contributed by atoms with Crippen LogP contribution in [0.4, 0.5) is 9.18 Å². The van der Waals surface area contributed by atoms with Crippen molar-refractivity contribution in [2.75, 3.05) is 13.1 Å². The number of nitrogens with zero attached hydrogens (tertiary/aromatic N) is 1. The molecule has 1 aromatic rings. The number of rotatable bonds is 4. The van der Waals surface area contributed by atoms with Gasteiger partial charge in [-0.1, -0.05) is 25.1 Å². The van der Waals surface area contributed by atoms with Crippen molar-refractivity contribution in [2.45, 2.75) is 19.9 Å². The summed E-state index contributed by atoms with van der Waals surface area (Å²) in [5.74, 6) is -1.68. The van der Waals surface area contributed by atoms with Crippen molar-refractivity contribution in [3.63, 3.8) is 0 Å². The van der Waals surface area contributed by atoms with Gasteiger partial charge in [-0.25, -0.2) is 9.18 Å². The highest BCUT2D eigenvalue weighted by Crippen LogP contribution is 2.25. The molecule has 6 heteroatoms. The summed E-state index contributed by atoms with van der Waals surface area (Å²) in [5, 5.41) is 11.6. The molecule has 21 heavy (non-hydrogen) atoms. The minimum atomic E-state index is -0.847. The molecular weight excluding hydrogens is 275 g/mol. The lowest BCUT2D eigenvalue weighted by Crippen LogP contribution is -2.56. The van der Waals surface area contributed by atoms with Gasteiger partial charge in [-0.3, -0.25) is 4.79 Å². The van der Waals surface area contributed by atoms with Gasteiger partial charge in [-0.2, -0.15) is 0 Å². The van der Waals surface area contributed by atoms with Gasteiger partial charge in [-0.05, 0) is 13.0 Å². The average Bonchev–Trinajstić information content (AvgIpc) is 2.36. The Hall–Kier alpha value is -2.11. The zero-order chi connectivity index (χ0) is 15.6. The molecule has 0 saturated carbocycles. The predicted octanol–water partition coefficient (Wildman–Crippen LogP) is 2.25. The van der Waals surface area contributed by atoms with Crippen molar-refractivity contribution in [2.24, 2.45) is 11.8 Å². The third-order valence-electron chi connectivity index (χ3n) is 4.01. The van der Waals surface area contributed by atoms with Gasteiger partial charge >= 0.3 is 12.0 Å². The topological polar surface area (TPSA) is 69.6 Å². The molecule has 2 unspecified atom stereocenters. The maximum Gasteiger partial charge on any atom is 0.317 e. The van der Waals surface area contributed by atoms with E-state index in [2.05, 4.69) is 5.32 Å². The van der Waals surface area contributed by atoms with Gasteiger partial charge in [0, 0.05) is 24.6 Å². The number of carbonyl (C=O) groups is 2. The summed E-state index contributed by atoms with van der Waals surface area (Å²) in [6.07, 6.45) is 0. The summed E-state index contributed by atoms with van der Waals surface area (Å²) in [5.41, 5.74) is 0.432. The molecule has 2 N–H and O–H groups in total. The summed E-state index contributed by atoms with van der Waals surface area (Å²) < 4.78 is 13.6. The maximum absolute atomic E-state index is 13.6. The molecule has 2 rings (SSSR count). The zero-order valence-corrected chi connectivity index (χ0v) is 12.0. The van der Waals surface area contributed by atoms with E-state index in [0.29, 0.717) is 18.7 Å². The number of amides is 2. The number of likely N-dealkylation sites (tertiary alicyclic amines) is 1. The summed E-state index contributed by atoms with van der Waals surface area (Å²) in [6, 6.07) is 5.57. The summed E-state index contributed by atoms with van der Waals surface area (Å²) >= 11 is 0. The number of benzene rings is 1. The number of carboxylic acid groups (broad SMARTS) is 1. The van der Waals surface area contributed by atoms with E-state index in [1.807, 2.05) is 0 Å². The monoisotopic (exact) mass is 294 g/mol. The molecule has 1 aliphatic heterocycles. The van der Waals surface area contributed by atoms with Crippen molar-refractivity contribution in [3.05, 3.63) is 35.6 Å². The normalized spacial score (nSPS) is 17.8. The van der Waals surface area contributed by atoms with Gasteiger partial charge in [-0.15, -0.1) is 0 Å². The van der Waals surface area contributed by atoms with Crippen molar-refractivity contribution in [3.8, 4) is 0 Å². The molecular formula is C15H19FN2O3. The first-order chi connectivity index (χ1) is 9.90. The maximum atomic E-state index is 13.6. The van der Waals surface area contributed by atoms with E-state index >= 15 is 0 Å². The fraction of sp³-hybridized carbons (Fsp3) is 0.467. The number of hydrogen-bond acceptors (Lipinski definition) is 2. The molecule has 0 radical (unpaired) electrons. The quantitative estimate of drug-likeness (QED) is 0.895. The second kappa shape index (κ2) is 6.11. The fourth-order valence-corrected chi connectivity index (χ4v) is 2.38. The Bertz CT molecular complexity index is 543. The highest BCUT2D eigenvalue weighted by Gasteiger charge is 2.37. The summed E-state index contributed by atoms with van der Waals surface area (Å²) in [7, 11) is 0. The molecule has 1 aromatic carbocycles. The molecule has 114 valence electrons. The van der Waals surface area contributed by atoms with E-state index in [1.165, 1.54) is 6.07 Å². The second-order valence-corrected chi connectivity index (χ2v) is 5.48. The van der Waals surface area contributed by atoms with Crippen molar-refractivity contribution in [1.82, 2.24) is 10.2 Å². The Morgan fingerprint density at radius 3 is 2.52 bits per heavy atom. The van der Waals surface area contributed by atoms with E-state index in [9.17, 15) is 14.0 Å². The Morgan fingerprint density at radius 2 is 1.95 bits per heavy atom. The van der Waals surface area contributed by atoms with Crippen LogP contribution >= 0.6 is 0 Å². The van der Waals surface area contributed by atoms with Crippen LogP contribution in [0.3, 0.4) is 0 Å². The molecule has 1 aliphatic rings. The first-order valence-electron chi connectivity index (χ1n) is 6.92. The third-order valence-corrected chi connectivity index (χ3v) is 4.01. The van der Waals surface area contributed by atoms with Gasteiger partial charge in [0.05, 0.1) is 12.0 Å². The minimum Gasteiger partial charge on any atom is -0.481 e. The van der Waals surface area contributed by atoms with Gasteiger partial charge in [0.2, 0.25) is 0 Å². The number of halogens is 1. The van der Waals surface area contributed by atoms with Crippen LogP contribution in [0, 0.1) is 17.7 Å². The molecule has 1 heterocycles. The number of hydrogen-bond donors (Lipinski definition) is 2. The lowest BCUT2D eigenvalue weighted by molar-refractivity contribution is -0.144. The van der Waals surface area contributed by atoms with Crippen molar-refractivity contribution >= 4 is 12.0 Å². The molecule has 5 nitrogen and oxygen atoms in total. The molecule has 2 atom stereocenters. The second-order valence-electron chi connectivity index (χ2n) is 5.48. The number of aliphatic carboxylic acids is 1. The minimum absolute atomic E-state index is 0.0167. The SMILES string of the molecule is CC(NC(=O)N1CC(C(C)C(=O)O)C1)c1ccccc1F. The van der Waals surface area contributed by atoms with E-state index in [1.54, 1.807) is 36.9 Å². The standard InChI is InChI=1S/C15H19FN2O3/c1-9(14(19)20)11-7-18(8-11)15(21)17-10(2)12-5-3-4-6-13(12)16/h3-6,9-11H,7-8H2,1-2H3,(H,17,21)(H,19,20). The predicted molar refractivity (Wildman–Crippen MR) is 75.2 cm³/mol. The third kappa shape index (κ3) is 3.32. The van der Waals surface area contributed by atoms with Crippen molar-refractivity contribution in [1.29, 1.82) is 0 Å². The average molecular weight is 294 g/mol. The van der Waals surface area contributed by atoms with Gasteiger partial charge in [0.15, 0.2) is 0 Å². The summed E-state index contributed by atoms with van der Waals surface area (Å²) in [6.45, 7) is 4.20. The Kier molecular flexibility index (Phi) is 4.45.